The van der Waals surface area contributed by atoms with Gasteiger partial charge in [0.25, 0.3) is 5.91 Å². The Labute approximate surface area is 201 Å². The van der Waals surface area contributed by atoms with Crippen molar-refractivity contribution < 1.29 is 14.1 Å². The van der Waals surface area contributed by atoms with Crippen LogP contribution in [0.2, 0.25) is 0 Å². The Morgan fingerprint density at radius 3 is 2.57 bits per heavy atom. The van der Waals surface area contributed by atoms with Gasteiger partial charge < -0.3 is 14.6 Å². The third-order valence-electron chi connectivity index (χ3n) is 5.36. The van der Waals surface area contributed by atoms with Crippen LogP contribution in [-0.2, 0) is 13.2 Å². The Morgan fingerprint density at radius 1 is 1.09 bits per heavy atom. The summed E-state index contributed by atoms with van der Waals surface area (Å²) in [5, 5.41) is 2.67. The van der Waals surface area contributed by atoms with Crippen LogP contribution in [0, 0.1) is 19.3 Å². The zero-order valence-electron chi connectivity index (χ0n) is 19.0. The molecule has 1 amide bonds. The van der Waals surface area contributed by atoms with Crippen molar-refractivity contribution in [1.82, 2.24) is 15.0 Å². The summed E-state index contributed by atoms with van der Waals surface area (Å²) in [6.45, 7) is 2.66. The van der Waals surface area contributed by atoms with Gasteiger partial charge in [0.05, 0.1) is 13.1 Å². The number of carbonyl (C=O) groups is 1. The van der Waals surface area contributed by atoms with E-state index in [-0.39, 0.29) is 19.0 Å². The summed E-state index contributed by atoms with van der Waals surface area (Å²) in [5.74, 6) is 2.08. The summed E-state index contributed by atoms with van der Waals surface area (Å²) in [6, 6.07) is 20.8. The minimum atomic E-state index is -0.783. The van der Waals surface area contributed by atoms with Crippen LogP contribution in [0.1, 0.15) is 27.0 Å². The molecule has 1 aromatic heterocycles. The Morgan fingerprint density at radius 2 is 1.89 bits per heavy atom. The first kappa shape index (κ1) is 23.4. The molecule has 0 aliphatic carbocycles. The molecule has 0 unspecified atom stereocenters. The smallest absolute Gasteiger partial charge is 0.440 e. The molecular weight excluding hydrogens is 446 g/mol. The van der Waals surface area contributed by atoms with E-state index in [1.54, 1.807) is 30.3 Å². The van der Waals surface area contributed by atoms with Gasteiger partial charge in [-0.2, -0.15) is 0 Å². The topological polar surface area (TPSA) is 106 Å². The number of H-pyrrole nitrogens is 1. The van der Waals surface area contributed by atoms with E-state index < -0.39 is 11.4 Å². The third kappa shape index (κ3) is 5.78. The first-order valence-corrected chi connectivity index (χ1v) is 10.9. The first-order chi connectivity index (χ1) is 16.9. The molecule has 0 saturated heterocycles. The van der Waals surface area contributed by atoms with E-state index in [1.165, 1.54) is 0 Å². The number of amides is 1. The van der Waals surface area contributed by atoms with Gasteiger partial charge in [-0.25, -0.2) is 14.6 Å². The minimum Gasteiger partial charge on any atom is -0.489 e. The second-order valence-electron chi connectivity index (χ2n) is 7.90. The highest BCUT2D eigenvalue weighted by atomic mass is 16.5. The number of hydrogen-bond donors (Lipinski definition) is 2. The molecule has 4 aromatic rings. The summed E-state index contributed by atoms with van der Waals surface area (Å²) >= 11 is 0. The van der Waals surface area contributed by atoms with Gasteiger partial charge in [0.2, 0.25) is 0 Å². The number of rotatable bonds is 8. The SMILES string of the molecule is C#CCNC(=O)c1ccc(-c2cccc(COc3ccc(Cn4oc(=O)[nH]c4=O)cc3)c2)c(C)c1. The zero-order chi connectivity index (χ0) is 24.8. The number of aromatic nitrogens is 2. The molecule has 0 bridgehead atoms. The molecule has 3 aromatic carbocycles. The van der Waals surface area contributed by atoms with Gasteiger partial charge in [-0.3, -0.25) is 4.79 Å². The van der Waals surface area contributed by atoms with E-state index in [0.717, 1.165) is 32.6 Å². The molecule has 0 atom stereocenters. The highest BCUT2D eigenvalue weighted by Gasteiger charge is 2.09. The molecule has 176 valence electrons. The Bertz CT molecular complexity index is 1500. The van der Waals surface area contributed by atoms with Gasteiger partial charge in [-0.1, -0.05) is 42.3 Å². The van der Waals surface area contributed by atoms with Crippen LogP contribution in [0.4, 0.5) is 0 Å². The molecule has 4 rings (SSSR count). The van der Waals surface area contributed by atoms with Gasteiger partial charge in [-0.05, 0) is 65.1 Å². The molecule has 1 heterocycles. The van der Waals surface area contributed by atoms with Gasteiger partial charge in [0.15, 0.2) is 0 Å². The summed E-state index contributed by atoms with van der Waals surface area (Å²) in [4.78, 5) is 36.9. The lowest BCUT2D eigenvalue weighted by Crippen LogP contribution is -2.23. The number of aryl methyl sites for hydroxylation is 1. The van der Waals surface area contributed by atoms with E-state index in [9.17, 15) is 14.4 Å². The minimum absolute atomic E-state index is 0.142. The molecule has 0 fully saturated rings. The van der Waals surface area contributed by atoms with Crippen LogP contribution in [0.25, 0.3) is 11.1 Å². The van der Waals surface area contributed by atoms with Crippen LogP contribution < -0.4 is 21.5 Å². The first-order valence-electron chi connectivity index (χ1n) is 10.9. The highest BCUT2D eigenvalue weighted by Crippen LogP contribution is 2.26. The number of ether oxygens (including phenoxy) is 1. The molecule has 0 aliphatic heterocycles. The lowest BCUT2D eigenvalue weighted by molar-refractivity contribution is 0.0958. The Kier molecular flexibility index (Phi) is 6.98. The molecule has 35 heavy (non-hydrogen) atoms. The van der Waals surface area contributed by atoms with Crippen LogP contribution in [0.3, 0.4) is 0 Å². The molecule has 0 spiro atoms. The van der Waals surface area contributed by atoms with Crippen molar-refractivity contribution in [2.75, 3.05) is 6.54 Å². The van der Waals surface area contributed by atoms with Crippen molar-refractivity contribution >= 4 is 5.91 Å². The molecule has 0 saturated carbocycles. The number of nitrogens with one attached hydrogen (secondary N) is 2. The third-order valence-corrected chi connectivity index (χ3v) is 5.36. The Balaban J connectivity index is 1.41. The second kappa shape index (κ2) is 10.4. The van der Waals surface area contributed by atoms with Gasteiger partial charge in [0, 0.05) is 5.56 Å². The number of terminal acetylenes is 1. The summed E-state index contributed by atoms with van der Waals surface area (Å²) < 4.78 is 11.7. The van der Waals surface area contributed by atoms with E-state index >= 15 is 0 Å². The van der Waals surface area contributed by atoms with Gasteiger partial charge in [-0.15, -0.1) is 11.2 Å². The standard InChI is InChI=1S/C27H23N3O5/c1-3-13-28-25(31)22-9-12-24(18(2)14-22)21-6-4-5-20(15-21)17-34-23-10-7-19(8-11-23)16-30-26(32)29-27(33)35-30/h1,4-12,14-15H,13,16-17H2,2H3,(H,28,31)(H,29,32,33). The summed E-state index contributed by atoms with van der Waals surface area (Å²) in [6.07, 6.45) is 5.20. The van der Waals surface area contributed by atoms with Crippen LogP contribution in [0.15, 0.2) is 80.8 Å². The van der Waals surface area contributed by atoms with Crippen molar-refractivity contribution in [2.24, 2.45) is 0 Å². The normalized spacial score (nSPS) is 10.5. The molecule has 8 heteroatoms. The molecule has 2 N–H and O–H groups in total. The maximum atomic E-state index is 12.1. The number of nitrogens with zero attached hydrogens (tertiary/aromatic N) is 1. The largest absolute Gasteiger partial charge is 0.489 e. The predicted octanol–water partition coefficient (Wildman–Crippen LogP) is 3.10. The quantitative estimate of drug-likeness (QED) is 0.386. The van der Waals surface area contributed by atoms with Gasteiger partial charge >= 0.3 is 11.4 Å². The fourth-order valence-corrected chi connectivity index (χ4v) is 3.63. The van der Waals surface area contributed by atoms with E-state index in [4.69, 9.17) is 15.7 Å². The molecule has 0 radical (unpaired) electrons. The van der Waals surface area contributed by atoms with Crippen molar-refractivity contribution in [3.63, 3.8) is 0 Å². The highest BCUT2D eigenvalue weighted by molar-refractivity contribution is 5.95. The number of aromatic amines is 1. The van der Waals surface area contributed by atoms with Gasteiger partial charge in [0.1, 0.15) is 12.4 Å². The second-order valence-corrected chi connectivity index (χ2v) is 7.90. The maximum Gasteiger partial charge on any atom is 0.440 e. The Hall–Kier alpha value is -4.77. The predicted molar refractivity (Wildman–Crippen MR) is 131 cm³/mol. The molecular formula is C27H23N3O5. The van der Waals surface area contributed by atoms with E-state index in [2.05, 4.69) is 17.3 Å². The van der Waals surface area contributed by atoms with Crippen LogP contribution >= 0.6 is 0 Å². The van der Waals surface area contributed by atoms with Crippen molar-refractivity contribution in [1.29, 1.82) is 0 Å². The van der Waals surface area contributed by atoms with Crippen LogP contribution in [0.5, 0.6) is 5.75 Å². The van der Waals surface area contributed by atoms with Crippen molar-refractivity contribution in [3.8, 4) is 29.2 Å². The van der Waals surface area contributed by atoms with Crippen molar-refractivity contribution in [2.45, 2.75) is 20.1 Å². The molecule has 0 aliphatic rings. The average molecular weight is 469 g/mol. The number of carbonyl (C=O) groups excluding carboxylic acids is 1. The monoisotopic (exact) mass is 469 g/mol. The van der Waals surface area contributed by atoms with Crippen LogP contribution in [-0.4, -0.2) is 22.2 Å². The average Bonchev–Trinajstić information content (AvgIpc) is 3.18. The fraction of sp³-hybridized carbons (Fsp3) is 0.148. The number of benzene rings is 3. The number of hydrogen-bond acceptors (Lipinski definition) is 5. The lowest BCUT2D eigenvalue weighted by atomic mass is 9.97. The molecule has 8 nitrogen and oxygen atoms in total. The summed E-state index contributed by atoms with van der Waals surface area (Å²) in [7, 11) is 0. The van der Waals surface area contributed by atoms with E-state index in [1.807, 2.05) is 42.2 Å². The zero-order valence-corrected chi connectivity index (χ0v) is 19.0. The summed E-state index contributed by atoms with van der Waals surface area (Å²) in [5.41, 5.74) is 4.77. The lowest BCUT2D eigenvalue weighted by Gasteiger charge is -2.11. The maximum absolute atomic E-state index is 12.1. The fourth-order valence-electron chi connectivity index (χ4n) is 3.63. The van der Waals surface area contributed by atoms with Crippen molar-refractivity contribution in [3.05, 3.63) is 110 Å². The van der Waals surface area contributed by atoms with E-state index in [0.29, 0.717) is 17.9 Å².